The number of benzene rings is 1. The molecule has 0 saturated heterocycles. The van der Waals surface area contributed by atoms with Crippen LogP contribution in [0.4, 0.5) is 0 Å². The van der Waals surface area contributed by atoms with Crippen LogP contribution in [0.2, 0.25) is 0 Å². The Hall–Kier alpha value is -1.18. The molecule has 32 heavy (non-hydrogen) atoms. The number of unbranched alkanes of at least 4 members (excludes halogenated alkanes) is 2. The highest BCUT2D eigenvalue weighted by atomic mass is 16.5. The number of rotatable bonds is 14. The summed E-state index contributed by atoms with van der Waals surface area (Å²) in [6.45, 7) is 2.98. The van der Waals surface area contributed by atoms with Crippen molar-refractivity contribution in [2.75, 3.05) is 19.8 Å². The number of aliphatic hydroxyl groups excluding tert-OH is 4. The standard InChI is InChI=1S/C26H43NO5/c1-2-3-4-8-20(29)10-11-21-22-14-18-7-5-9-25(23(18)15-19(22)16-24(21)30)32-17-26(31)27-12-6-13-28/h5,7,9,19-22,24,26-31H,2-4,6,8,10-17H2,1H3/t19-,20-,21+,22-,24+,26?/m0/s1. The lowest BCUT2D eigenvalue weighted by Crippen LogP contribution is -2.35. The highest BCUT2D eigenvalue weighted by Crippen LogP contribution is 2.48. The van der Waals surface area contributed by atoms with Gasteiger partial charge in [-0.3, -0.25) is 5.32 Å². The molecule has 1 aromatic rings. The van der Waals surface area contributed by atoms with Crippen molar-refractivity contribution in [3.05, 3.63) is 29.3 Å². The number of hydrogen-bond acceptors (Lipinski definition) is 6. The monoisotopic (exact) mass is 449 g/mol. The molecule has 6 heteroatoms. The van der Waals surface area contributed by atoms with E-state index in [0.717, 1.165) is 50.7 Å². The van der Waals surface area contributed by atoms with Crippen LogP contribution < -0.4 is 10.1 Å². The molecule has 0 aromatic heterocycles. The SMILES string of the molecule is CCCCC[C@H](O)CC[C@@H]1[C@H]2Cc3cccc(OCC(O)NCCCO)c3C[C@H]2C[C@H]1O. The lowest BCUT2D eigenvalue weighted by Gasteiger charge is -2.32. The van der Waals surface area contributed by atoms with Crippen LogP contribution >= 0.6 is 0 Å². The maximum atomic E-state index is 10.8. The van der Waals surface area contributed by atoms with Crippen molar-refractivity contribution in [3.63, 3.8) is 0 Å². The Morgan fingerprint density at radius 2 is 1.97 bits per heavy atom. The third-order valence-corrected chi connectivity index (χ3v) is 7.43. The molecule has 1 saturated carbocycles. The molecule has 6 atom stereocenters. The molecule has 0 aliphatic heterocycles. The molecule has 0 bridgehead atoms. The van der Waals surface area contributed by atoms with Crippen molar-refractivity contribution in [2.24, 2.45) is 17.8 Å². The minimum absolute atomic E-state index is 0.0972. The molecular formula is C26H43NO5. The first kappa shape index (κ1) is 25.4. The van der Waals surface area contributed by atoms with E-state index >= 15 is 0 Å². The van der Waals surface area contributed by atoms with Gasteiger partial charge in [0.1, 0.15) is 18.6 Å². The van der Waals surface area contributed by atoms with Gasteiger partial charge in [-0.2, -0.15) is 0 Å². The fourth-order valence-corrected chi connectivity index (χ4v) is 5.67. The number of nitrogens with one attached hydrogen (secondary N) is 1. The summed E-state index contributed by atoms with van der Waals surface area (Å²) in [5, 5.41) is 43.0. The first-order chi connectivity index (χ1) is 15.5. The topological polar surface area (TPSA) is 102 Å². The van der Waals surface area contributed by atoms with Gasteiger partial charge in [-0.05, 0) is 86.4 Å². The molecule has 6 nitrogen and oxygen atoms in total. The quantitative estimate of drug-likeness (QED) is 0.221. The molecule has 0 spiro atoms. The van der Waals surface area contributed by atoms with E-state index in [1.165, 1.54) is 24.0 Å². The first-order valence-electron chi connectivity index (χ1n) is 12.7. The summed E-state index contributed by atoms with van der Waals surface area (Å²) in [6.07, 6.45) is 7.93. The minimum atomic E-state index is -0.768. The van der Waals surface area contributed by atoms with Crippen LogP contribution in [0, 0.1) is 17.8 Å². The van der Waals surface area contributed by atoms with Gasteiger partial charge in [-0.15, -0.1) is 0 Å². The van der Waals surface area contributed by atoms with E-state index in [9.17, 15) is 15.3 Å². The highest BCUT2D eigenvalue weighted by molar-refractivity contribution is 5.43. The van der Waals surface area contributed by atoms with Crippen molar-refractivity contribution in [3.8, 4) is 5.75 Å². The van der Waals surface area contributed by atoms with E-state index in [2.05, 4.69) is 18.3 Å². The third-order valence-electron chi connectivity index (χ3n) is 7.43. The predicted molar refractivity (Wildman–Crippen MR) is 126 cm³/mol. The molecule has 182 valence electrons. The maximum Gasteiger partial charge on any atom is 0.139 e. The molecule has 1 fully saturated rings. The fraction of sp³-hybridized carbons (Fsp3) is 0.769. The summed E-state index contributed by atoms with van der Waals surface area (Å²) < 4.78 is 5.95. The van der Waals surface area contributed by atoms with Crippen molar-refractivity contribution < 1.29 is 25.2 Å². The van der Waals surface area contributed by atoms with Crippen molar-refractivity contribution >= 4 is 0 Å². The zero-order chi connectivity index (χ0) is 22.9. The molecule has 2 aliphatic carbocycles. The molecule has 2 aliphatic rings. The molecule has 1 unspecified atom stereocenters. The summed E-state index contributed by atoms with van der Waals surface area (Å²) in [5.41, 5.74) is 2.50. The Kier molecular flexibility index (Phi) is 10.3. The summed E-state index contributed by atoms with van der Waals surface area (Å²) >= 11 is 0. The van der Waals surface area contributed by atoms with Gasteiger partial charge in [0.25, 0.3) is 0 Å². The Morgan fingerprint density at radius 1 is 1.12 bits per heavy atom. The smallest absolute Gasteiger partial charge is 0.139 e. The highest BCUT2D eigenvalue weighted by Gasteiger charge is 2.44. The van der Waals surface area contributed by atoms with E-state index in [-0.39, 0.29) is 31.3 Å². The predicted octanol–water partition coefficient (Wildman–Crippen LogP) is 2.79. The van der Waals surface area contributed by atoms with Gasteiger partial charge in [0.05, 0.1) is 12.2 Å². The van der Waals surface area contributed by atoms with Crippen LogP contribution in [0.1, 0.15) is 69.4 Å². The van der Waals surface area contributed by atoms with Crippen LogP contribution in [-0.2, 0) is 12.8 Å². The summed E-state index contributed by atoms with van der Waals surface area (Å²) in [5.74, 6) is 1.99. The van der Waals surface area contributed by atoms with Gasteiger partial charge >= 0.3 is 0 Å². The van der Waals surface area contributed by atoms with Crippen LogP contribution in [0.25, 0.3) is 0 Å². The Labute approximate surface area is 193 Å². The average molecular weight is 450 g/mol. The van der Waals surface area contributed by atoms with Gasteiger partial charge in [0.2, 0.25) is 0 Å². The lowest BCUT2D eigenvalue weighted by molar-refractivity contribution is 0.0764. The second-order valence-corrected chi connectivity index (χ2v) is 9.78. The fourth-order valence-electron chi connectivity index (χ4n) is 5.67. The van der Waals surface area contributed by atoms with Gasteiger partial charge in [-0.25, -0.2) is 0 Å². The van der Waals surface area contributed by atoms with E-state index < -0.39 is 6.23 Å². The van der Waals surface area contributed by atoms with E-state index in [0.29, 0.717) is 24.8 Å². The second kappa shape index (κ2) is 12.9. The third kappa shape index (κ3) is 6.91. The zero-order valence-corrected chi connectivity index (χ0v) is 19.6. The minimum Gasteiger partial charge on any atom is -0.489 e. The van der Waals surface area contributed by atoms with Gasteiger partial charge < -0.3 is 25.2 Å². The number of ether oxygens (including phenoxy) is 1. The molecule has 3 rings (SSSR count). The Bertz CT molecular complexity index is 684. The van der Waals surface area contributed by atoms with Gasteiger partial charge in [0, 0.05) is 6.61 Å². The van der Waals surface area contributed by atoms with E-state index in [1.807, 2.05) is 12.1 Å². The first-order valence-corrected chi connectivity index (χ1v) is 12.7. The average Bonchev–Trinajstić information content (AvgIpc) is 3.09. The van der Waals surface area contributed by atoms with E-state index in [1.54, 1.807) is 0 Å². The molecular weight excluding hydrogens is 406 g/mol. The van der Waals surface area contributed by atoms with Crippen LogP contribution in [0.15, 0.2) is 18.2 Å². The van der Waals surface area contributed by atoms with Crippen molar-refractivity contribution in [1.29, 1.82) is 0 Å². The van der Waals surface area contributed by atoms with Gasteiger partial charge in [-0.1, -0.05) is 38.3 Å². The van der Waals surface area contributed by atoms with Crippen molar-refractivity contribution in [2.45, 2.75) is 89.6 Å². The summed E-state index contributed by atoms with van der Waals surface area (Å²) in [4.78, 5) is 0. The number of hydrogen-bond donors (Lipinski definition) is 5. The summed E-state index contributed by atoms with van der Waals surface area (Å²) in [6, 6.07) is 6.14. The van der Waals surface area contributed by atoms with Crippen LogP contribution in [0.3, 0.4) is 0 Å². The number of aliphatic hydroxyl groups is 4. The number of fused-ring (bicyclic) bond motifs is 2. The second-order valence-electron chi connectivity index (χ2n) is 9.78. The molecule has 1 aromatic carbocycles. The van der Waals surface area contributed by atoms with Crippen LogP contribution in [0.5, 0.6) is 5.75 Å². The molecule has 0 amide bonds. The zero-order valence-electron chi connectivity index (χ0n) is 19.6. The van der Waals surface area contributed by atoms with Crippen LogP contribution in [-0.4, -0.2) is 58.6 Å². The van der Waals surface area contributed by atoms with E-state index in [4.69, 9.17) is 9.84 Å². The van der Waals surface area contributed by atoms with Crippen molar-refractivity contribution in [1.82, 2.24) is 5.32 Å². The maximum absolute atomic E-state index is 10.8. The largest absolute Gasteiger partial charge is 0.489 e. The molecule has 0 heterocycles. The molecule has 5 N–H and O–H groups in total. The Morgan fingerprint density at radius 3 is 2.75 bits per heavy atom. The Balaban J connectivity index is 1.56. The summed E-state index contributed by atoms with van der Waals surface area (Å²) in [7, 11) is 0. The van der Waals surface area contributed by atoms with Gasteiger partial charge in [0.15, 0.2) is 0 Å². The normalized spacial score (nSPS) is 26.4. The molecule has 0 radical (unpaired) electrons. The lowest BCUT2D eigenvalue weighted by atomic mass is 9.73.